The van der Waals surface area contributed by atoms with Gasteiger partial charge in [-0.3, -0.25) is 0 Å². The average molecular weight is 200 g/mol. The minimum Gasteiger partial charge on any atom is -0.392 e. The van der Waals surface area contributed by atoms with Crippen LogP contribution in [0.4, 0.5) is 5.69 Å². The van der Waals surface area contributed by atoms with E-state index >= 15 is 0 Å². The molecule has 0 heterocycles. The Morgan fingerprint density at radius 2 is 2.23 bits per heavy atom. The summed E-state index contributed by atoms with van der Waals surface area (Å²) in [5.74, 6) is 0. The molecule has 0 saturated heterocycles. The minimum absolute atomic E-state index is 0.349. The summed E-state index contributed by atoms with van der Waals surface area (Å²) in [6.45, 7) is 4.29. The molecule has 0 aromatic heterocycles. The highest BCUT2D eigenvalue weighted by Crippen LogP contribution is 2.19. The summed E-state index contributed by atoms with van der Waals surface area (Å²) >= 11 is 5.83. The van der Waals surface area contributed by atoms with Gasteiger partial charge in [-0.05, 0) is 31.5 Å². The van der Waals surface area contributed by atoms with E-state index in [2.05, 4.69) is 5.32 Å². The summed E-state index contributed by atoms with van der Waals surface area (Å²) in [6, 6.07) is 5.66. The number of hydrogen-bond donors (Lipinski definition) is 2. The molecule has 1 aromatic rings. The Hall–Kier alpha value is -0.730. The zero-order chi connectivity index (χ0) is 9.84. The molecule has 72 valence electrons. The van der Waals surface area contributed by atoms with Crippen molar-refractivity contribution in [2.45, 2.75) is 20.0 Å². The van der Waals surface area contributed by atoms with Crippen molar-refractivity contribution < 1.29 is 5.11 Å². The van der Waals surface area contributed by atoms with Gasteiger partial charge in [0.25, 0.3) is 0 Å². The van der Waals surface area contributed by atoms with Gasteiger partial charge in [0.15, 0.2) is 0 Å². The number of nitrogens with one attached hydrogen (secondary N) is 1. The van der Waals surface area contributed by atoms with Crippen LogP contribution in [0.5, 0.6) is 0 Å². The SMILES string of the molecule is Cc1ccc(Cl)cc1NC[C@@H](C)O. The first-order chi connectivity index (χ1) is 6.09. The molecule has 0 fully saturated rings. The van der Waals surface area contributed by atoms with Crippen LogP contribution in [0.25, 0.3) is 0 Å². The summed E-state index contributed by atoms with van der Waals surface area (Å²) in [6.07, 6.45) is -0.349. The van der Waals surface area contributed by atoms with E-state index in [1.807, 2.05) is 25.1 Å². The number of anilines is 1. The molecular formula is C10H14ClNO. The van der Waals surface area contributed by atoms with Gasteiger partial charge in [0.05, 0.1) is 6.10 Å². The first-order valence-corrected chi connectivity index (χ1v) is 4.65. The first-order valence-electron chi connectivity index (χ1n) is 4.27. The van der Waals surface area contributed by atoms with E-state index in [-0.39, 0.29) is 6.10 Å². The molecule has 0 bridgehead atoms. The third-order valence-electron chi connectivity index (χ3n) is 1.79. The third kappa shape index (κ3) is 3.25. The van der Waals surface area contributed by atoms with E-state index in [0.717, 1.165) is 11.3 Å². The first kappa shape index (κ1) is 10.4. The zero-order valence-electron chi connectivity index (χ0n) is 7.84. The summed E-state index contributed by atoms with van der Waals surface area (Å²) in [4.78, 5) is 0. The summed E-state index contributed by atoms with van der Waals surface area (Å²) in [5, 5.41) is 12.9. The fraction of sp³-hybridized carbons (Fsp3) is 0.400. The predicted octanol–water partition coefficient (Wildman–Crippen LogP) is 2.44. The number of rotatable bonds is 3. The maximum atomic E-state index is 9.08. The Morgan fingerprint density at radius 1 is 1.54 bits per heavy atom. The van der Waals surface area contributed by atoms with Crippen LogP contribution in [-0.2, 0) is 0 Å². The van der Waals surface area contributed by atoms with Crippen LogP contribution < -0.4 is 5.32 Å². The van der Waals surface area contributed by atoms with Crippen LogP contribution in [0.1, 0.15) is 12.5 Å². The Labute approximate surface area is 83.5 Å². The van der Waals surface area contributed by atoms with Crippen molar-refractivity contribution in [3.05, 3.63) is 28.8 Å². The van der Waals surface area contributed by atoms with Crippen molar-refractivity contribution in [1.29, 1.82) is 0 Å². The number of aryl methyl sites for hydroxylation is 1. The quantitative estimate of drug-likeness (QED) is 0.784. The molecule has 0 saturated carbocycles. The van der Waals surface area contributed by atoms with E-state index in [1.165, 1.54) is 0 Å². The fourth-order valence-corrected chi connectivity index (χ4v) is 1.21. The van der Waals surface area contributed by atoms with Gasteiger partial charge < -0.3 is 10.4 Å². The smallest absolute Gasteiger partial charge is 0.0684 e. The van der Waals surface area contributed by atoms with E-state index in [9.17, 15) is 0 Å². The Balaban J connectivity index is 2.70. The van der Waals surface area contributed by atoms with Crippen molar-refractivity contribution in [1.82, 2.24) is 0 Å². The van der Waals surface area contributed by atoms with Gasteiger partial charge in [-0.15, -0.1) is 0 Å². The van der Waals surface area contributed by atoms with Crippen LogP contribution in [0.2, 0.25) is 5.02 Å². The molecule has 0 aliphatic heterocycles. The highest BCUT2D eigenvalue weighted by molar-refractivity contribution is 6.30. The van der Waals surface area contributed by atoms with Crippen molar-refractivity contribution in [2.75, 3.05) is 11.9 Å². The molecule has 1 atom stereocenters. The minimum atomic E-state index is -0.349. The number of benzene rings is 1. The van der Waals surface area contributed by atoms with Crippen molar-refractivity contribution in [3.63, 3.8) is 0 Å². The second-order valence-electron chi connectivity index (χ2n) is 3.19. The monoisotopic (exact) mass is 199 g/mol. The highest BCUT2D eigenvalue weighted by atomic mass is 35.5. The maximum Gasteiger partial charge on any atom is 0.0684 e. The number of aliphatic hydroxyl groups is 1. The van der Waals surface area contributed by atoms with Crippen LogP contribution in [0, 0.1) is 6.92 Å². The van der Waals surface area contributed by atoms with Crippen LogP contribution in [0.3, 0.4) is 0 Å². The lowest BCUT2D eigenvalue weighted by atomic mass is 10.2. The number of aliphatic hydroxyl groups excluding tert-OH is 1. The molecule has 0 spiro atoms. The van der Waals surface area contributed by atoms with E-state index in [4.69, 9.17) is 16.7 Å². The normalized spacial score (nSPS) is 12.6. The van der Waals surface area contributed by atoms with E-state index < -0.39 is 0 Å². The molecular weight excluding hydrogens is 186 g/mol. The summed E-state index contributed by atoms with van der Waals surface area (Å²) in [7, 11) is 0. The Bertz CT molecular complexity index is 286. The molecule has 0 aliphatic rings. The lowest BCUT2D eigenvalue weighted by Gasteiger charge is -2.11. The summed E-state index contributed by atoms with van der Waals surface area (Å²) < 4.78 is 0. The third-order valence-corrected chi connectivity index (χ3v) is 2.02. The molecule has 0 aliphatic carbocycles. The molecule has 0 amide bonds. The Kier molecular flexibility index (Phi) is 3.58. The average Bonchev–Trinajstić information content (AvgIpc) is 2.06. The van der Waals surface area contributed by atoms with Crippen LogP contribution in [0.15, 0.2) is 18.2 Å². The van der Waals surface area contributed by atoms with Gasteiger partial charge in [-0.25, -0.2) is 0 Å². The number of halogens is 1. The standard InChI is InChI=1S/C10H14ClNO/c1-7-3-4-9(11)5-10(7)12-6-8(2)13/h3-5,8,12-13H,6H2,1-2H3/t8-/m1/s1. The van der Waals surface area contributed by atoms with Crippen LogP contribution >= 0.6 is 11.6 Å². The van der Waals surface area contributed by atoms with Gasteiger partial charge >= 0.3 is 0 Å². The van der Waals surface area contributed by atoms with Gasteiger partial charge in [-0.1, -0.05) is 17.7 Å². The topological polar surface area (TPSA) is 32.3 Å². The molecule has 0 unspecified atom stereocenters. The Morgan fingerprint density at radius 3 is 2.85 bits per heavy atom. The van der Waals surface area contributed by atoms with Crippen LogP contribution in [-0.4, -0.2) is 17.8 Å². The van der Waals surface area contributed by atoms with Crippen molar-refractivity contribution >= 4 is 17.3 Å². The van der Waals surface area contributed by atoms with Gasteiger partial charge in [0.1, 0.15) is 0 Å². The maximum absolute atomic E-state index is 9.08. The second-order valence-corrected chi connectivity index (χ2v) is 3.63. The van der Waals surface area contributed by atoms with Gasteiger partial charge in [0, 0.05) is 17.3 Å². The predicted molar refractivity (Wildman–Crippen MR) is 56.4 cm³/mol. The zero-order valence-corrected chi connectivity index (χ0v) is 8.60. The lowest BCUT2D eigenvalue weighted by molar-refractivity contribution is 0.208. The van der Waals surface area contributed by atoms with E-state index in [1.54, 1.807) is 6.92 Å². The molecule has 2 nitrogen and oxygen atoms in total. The molecule has 3 heteroatoms. The molecule has 0 radical (unpaired) electrons. The van der Waals surface area contributed by atoms with Gasteiger partial charge in [-0.2, -0.15) is 0 Å². The fourth-order valence-electron chi connectivity index (χ4n) is 1.04. The highest BCUT2D eigenvalue weighted by Gasteiger charge is 2.00. The molecule has 1 rings (SSSR count). The molecule has 2 N–H and O–H groups in total. The number of hydrogen-bond acceptors (Lipinski definition) is 2. The largest absolute Gasteiger partial charge is 0.392 e. The summed E-state index contributed by atoms with van der Waals surface area (Å²) in [5.41, 5.74) is 2.11. The van der Waals surface area contributed by atoms with Gasteiger partial charge in [0.2, 0.25) is 0 Å². The lowest BCUT2D eigenvalue weighted by Crippen LogP contribution is -2.15. The van der Waals surface area contributed by atoms with Crippen molar-refractivity contribution in [3.8, 4) is 0 Å². The molecule has 1 aromatic carbocycles. The van der Waals surface area contributed by atoms with E-state index in [0.29, 0.717) is 11.6 Å². The second kappa shape index (κ2) is 4.49. The molecule has 13 heavy (non-hydrogen) atoms. The van der Waals surface area contributed by atoms with Crippen molar-refractivity contribution in [2.24, 2.45) is 0 Å².